The lowest BCUT2D eigenvalue weighted by molar-refractivity contribution is -0.0272. The van der Waals surface area contributed by atoms with Gasteiger partial charge in [0.25, 0.3) is 0 Å². The fraction of sp³-hybridized carbons (Fsp3) is 0.353. The van der Waals surface area contributed by atoms with Gasteiger partial charge in [0.15, 0.2) is 11.6 Å². The zero-order valence-corrected chi connectivity index (χ0v) is 13.4. The topological polar surface area (TPSA) is 77.4 Å². The van der Waals surface area contributed by atoms with E-state index in [4.69, 9.17) is 13.7 Å². The van der Waals surface area contributed by atoms with Crippen molar-refractivity contribution < 1.29 is 13.7 Å². The molecule has 0 N–H and O–H groups in total. The second kappa shape index (κ2) is 6.54. The van der Waals surface area contributed by atoms with Gasteiger partial charge < -0.3 is 13.7 Å². The molecule has 4 rings (SSSR count). The average molecular weight is 326 g/mol. The van der Waals surface area contributed by atoms with E-state index in [0.29, 0.717) is 37.4 Å². The second-order valence-corrected chi connectivity index (χ2v) is 5.73. The maximum absolute atomic E-state index is 5.90. The molecule has 2 aromatic heterocycles. The maximum Gasteiger partial charge on any atom is 0.246 e. The Kier molecular flexibility index (Phi) is 4.10. The minimum atomic E-state index is -0.0768. The molecule has 1 aliphatic rings. The highest BCUT2D eigenvalue weighted by atomic mass is 16.5. The number of ether oxygens (including phenoxy) is 1. The molecule has 0 saturated carbocycles. The summed E-state index contributed by atoms with van der Waals surface area (Å²) in [5.41, 5.74) is 1.02. The van der Waals surface area contributed by atoms with Gasteiger partial charge in [-0.1, -0.05) is 35.5 Å². The van der Waals surface area contributed by atoms with Gasteiger partial charge in [-0.25, -0.2) is 4.98 Å². The molecule has 1 saturated heterocycles. The van der Waals surface area contributed by atoms with Crippen LogP contribution in [-0.4, -0.2) is 39.8 Å². The smallest absolute Gasteiger partial charge is 0.246 e. The van der Waals surface area contributed by atoms with Crippen molar-refractivity contribution in [2.24, 2.45) is 0 Å². The summed E-state index contributed by atoms with van der Waals surface area (Å²) in [6.45, 7) is 4.32. The average Bonchev–Trinajstić information content (AvgIpc) is 3.25. The van der Waals surface area contributed by atoms with Crippen molar-refractivity contribution in [1.82, 2.24) is 20.0 Å². The number of rotatable bonds is 4. The highest BCUT2D eigenvalue weighted by Crippen LogP contribution is 2.26. The molecule has 1 aromatic carbocycles. The van der Waals surface area contributed by atoms with Crippen molar-refractivity contribution in [3.8, 4) is 11.3 Å². The summed E-state index contributed by atoms with van der Waals surface area (Å²) in [6.07, 6.45) is 1.76. The van der Waals surface area contributed by atoms with E-state index in [-0.39, 0.29) is 6.04 Å². The molecule has 124 valence electrons. The Hall–Kier alpha value is -2.51. The van der Waals surface area contributed by atoms with Crippen LogP contribution in [0.5, 0.6) is 0 Å². The van der Waals surface area contributed by atoms with Crippen LogP contribution in [0.3, 0.4) is 0 Å². The van der Waals surface area contributed by atoms with Gasteiger partial charge in [-0.2, -0.15) is 4.98 Å². The van der Waals surface area contributed by atoms with E-state index in [9.17, 15) is 0 Å². The summed E-state index contributed by atoms with van der Waals surface area (Å²) in [4.78, 5) is 10.9. The molecule has 0 spiro atoms. The SMILES string of the molecule is Cc1noc([C@H]2COCCN2Cc2ncc(-c3ccccc3)o2)n1. The maximum atomic E-state index is 5.90. The summed E-state index contributed by atoms with van der Waals surface area (Å²) in [7, 11) is 0. The van der Waals surface area contributed by atoms with Gasteiger partial charge in [0, 0.05) is 12.1 Å². The Bertz CT molecular complexity index is 799. The van der Waals surface area contributed by atoms with Crippen LogP contribution in [-0.2, 0) is 11.3 Å². The van der Waals surface area contributed by atoms with E-state index < -0.39 is 0 Å². The highest BCUT2D eigenvalue weighted by Gasteiger charge is 2.30. The van der Waals surface area contributed by atoms with E-state index in [1.807, 2.05) is 30.3 Å². The van der Waals surface area contributed by atoms with E-state index in [1.54, 1.807) is 13.1 Å². The van der Waals surface area contributed by atoms with Crippen LogP contribution in [0.25, 0.3) is 11.3 Å². The zero-order chi connectivity index (χ0) is 16.4. The summed E-state index contributed by atoms with van der Waals surface area (Å²) < 4.78 is 16.8. The molecule has 0 unspecified atom stereocenters. The molecule has 7 nitrogen and oxygen atoms in total. The molecule has 7 heteroatoms. The molecule has 1 fully saturated rings. The third kappa shape index (κ3) is 3.08. The molecular weight excluding hydrogens is 308 g/mol. The summed E-state index contributed by atoms with van der Waals surface area (Å²) in [5, 5.41) is 3.87. The van der Waals surface area contributed by atoms with Gasteiger partial charge in [-0.3, -0.25) is 4.90 Å². The van der Waals surface area contributed by atoms with E-state index >= 15 is 0 Å². The van der Waals surface area contributed by atoms with Crippen LogP contribution in [0.15, 0.2) is 45.5 Å². The number of hydrogen-bond donors (Lipinski definition) is 0. The number of oxazole rings is 1. The second-order valence-electron chi connectivity index (χ2n) is 5.73. The lowest BCUT2D eigenvalue weighted by Crippen LogP contribution is -2.39. The molecule has 0 radical (unpaired) electrons. The molecule has 1 aliphatic heterocycles. The Morgan fingerprint density at radius 2 is 2.12 bits per heavy atom. The first-order chi connectivity index (χ1) is 11.8. The predicted molar refractivity (Wildman–Crippen MR) is 84.9 cm³/mol. The normalized spacial score (nSPS) is 18.8. The van der Waals surface area contributed by atoms with Crippen LogP contribution in [0, 0.1) is 6.92 Å². The fourth-order valence-electron chi connectivity index (χ4n) is 2.80. The minimum Gasteiger partial charge on any atom is -0.439 e. The third-order valence-electron chi connectivity index (χ3n) is 4.02. The summed E-state index contributed by atoms with van der Waals surface area (Å²) >= 11 is 0. The largest absolute Gasteiger partial charge is 0.439 e. The molecule has 3 aromatic rings. The van der Waals surface area contributed by atoms with Crippen LogP contribution in [0.2, 0.25) is 0 Å². The lowest BCUT2D eigenvalue weighted by Gasteiger charge is -2.32. The van der Waals surface area contributed by atoms with Gasteiger partial charge >= 0.3 is 0 Å². The van der Waals surface area contributed by atoms with E-state index in [1.165, 1.54) is 0 Å². The van der Waals surface area contributed by atoms with Crippen LogP contribution < -0.4 is 0 Å². The highest BCUT2D eigenvalue weighted by molar-refractivity contribution is 5.55. The zero-order valence-electron chi connectivity index (χ0n) is 13.4. The number of aryl methyl sites for hydroxylation is 1. The molecular formula is C17H18N4O3. The lowest BCUT2D eigenvalue weighted by atomic mass is 10.2. The van der Waals surface area contributed by atoms with Crippen LogP contribution in [0.1, 0.15) is 23.6 Å². The molecule has 0 bridgehead atoms. The monoisotopic (exact) mass is 326 g/mol. The van der Waals surface area contributed by atoms with Crippen molar-refractivity contribution in [3.05, 3.63) is 54.1 Å². The number of benzene rings is 1. The molecule has 1 atom stereocenters. The van der Waals surface area contributed by atoms with Crippen LogP contribution in [0.4, 0.5) is 0 Å². The number of hydrogen-bond acceptors (Lipinski definition) is 7. The molecule has 0 amide bonds. The molecule has 24 heavy (non-hydrogen) atoms. The van der Waals surface area contributed by atoms with Gasteiger partial charge in [-0.15, -0.1) is 0 Å². The molecule has 3 heterocycles. The van der Waals surface area contributed by atoms with Crippen molar-refractivity contribution in [2.75, 3.05) is 19.8 Å². The first-order valence-electron chi connectivity index (χ1n) is 7.92. The van der Waals surface area contributed by atoms with Crippen molar-refractivity contribution in [2.45, 2.75) is 19.5 Å². The predicted octanol–water partition coefficient (Wildman–Crippen LogP) is 2.61. The summed E-state index contributed by atoms with van der Waals surface area (Å²) in [5.74, 6) is 2.63. The Morgan fingerprint density at radius 1 is 1.25 bits per heavy atom. The fourth-order valence-corrected chi connectivity index (χ4v) is 2.80. The Morgan fingerprint density at radius 3 is 2.92 bits per heavy atom. The third-order valence-corrected chi connectivity index (χ3v) is 4.02. The van der Waals surface area contributed by atoms with Crippen molar-refractivity contribution >= 4 is 0 Å². The summed E-state index contributed by atoms with van der Waals surface area (Å²) in [6, 6.07) is 9.87. The van der Waals surface area contributed by atoms with Crippen molar-refractivity contribution in [3.63, 3.8) is 0 Å². The van der Waals surface area contributed by atoms with Gasteiger partial charge in [0.1, 0.15) is 6.04 Å². The standard InChI is InChI=1S/C17H18N4O3/c1-12-19-17(24-20-12)14-11-22-8-7-21(14)10-16-18-9-15(23-16)13-5-3-2-4-6-13/h2-6,9,14H,7-8,10-11H2,1H3/t14-/m1/s1. The first kappa shape index (κ1) is 15.0. The van der Waals surface area contributed by atoms with Gasteiger partial charge in [0.2, 0.25) is 11.8 Å². The minimum absolute atomic E-state index is 0.0768. The first-order valence-corrected chi connectivity index (χ1v) is 7.92. The van der Waals surface area contributed by atoms with E-state index in [2.05, 4.69) is 20.0 Å². The number of nitrogens with zero attached hydrogens (tertiary/aromatic N) is 4. The Labute approximate surface area is 139 Å². The van der Waals surface area contributed by atoms with Gasteiger partial charge in [0.05, 0.1) is 26.0 Å². The van der Waals surface area contributed by atoms with Crippen LogP contribution >= 0.6 is 0 Å². The Balaban J connectivity index is 1.52. The number of morpholine rings is 1. The number of aromatic nitrogens is 3. The molecule has 0 aliphatic carbocycles. The van der Waals surface area contributed by atoms with Gasteiger partial charge in [-0.05, 0) is 6.92 Å². The quantitative estimate of drug-likeness (QED) is 0.729. The van der Waals surface area contributed by atoms with E-state index in [0.717, 1.165) is 17.9 Å². The van der Waals surface area contributed by atoms with Crippen molar-refractivity contribution in [1.29, 1.82) is 0 Å².